The van der Waals surface area contributed by atoms with E-state index in [1.54, 1.807) is 0 Å². The number of aliphatic hydroxyl groups is 2. The largest absolute Gasteiger partial charge is 0.481 e. The van der Waals surface area contributed by atoms with Gasteiger partial charge >= 0.3 is 11.9 Å². The molecule has 0 saturated heterocycles. The molecule has 4 rings (SSSR count). The molecule has 0 heterocycles. The van der Waals surface area contributed by atoms with Crippen molar-refractivity contribution in [1.29, 1.82) is 0 Å². The summed E-state index contributed by atoms with van der Waals surface area (Å²) in [5.74, 6) is -2.32. The van der Waals surface area contributed by atoms with Gasteiger partial charge in [-0.05, 0) is 50.4 Å². The van der Waals surface area contributed by atoms with Crippen molar-refractivity contribution in [2.75, 3.05) is 6.61 Å². The number of ketones is 1. The van der Waals surface area contributed by atoms with Crippen LogP contribution in [0.5, 0.6) is 0 Å². The van der Waals surface area contributed by atoms with Gasteiger partial charge in [-0.1, -0.05) is 49.3 Å². The molecule has 0 bridgehead atoms. The standard InChI is InChI=1S/C26H34O7/c1-15-12-20-18-5-4-16-13-17(27)8-10-24(16,2)19(18)9-11-25(20,3)26(15,32)21(28)14-33-23(31)7-6-22(29)30/h8-10,13,15,17-18,20,27,32H,4-7,11-12,14H2,1-3H3,(H,29,30)/t15-,17?,18?,20?,24-,25-,26-/m0/s1. The fraction of sp³-hybridized carbons (Fsp3) is 0.654. The molecule has 0 aromatic heterocycles. The molecule has 2 saturated carbocycles. The predicted octanol–water partition coefficient (Wildman–Crippen LogP) is 2.96. The van der Waals surface area contributed by atoms with Crippen molar-refractivity contribution in [2.45, 2.75) is 71.0 Å². The number of allylic oxidation sites excluding steroid dienone is 4. The first-order valence-electron chi connectivity index (χ1n) is 11.9. The van der Waals surface area contributed by atoms with Gasteiger partial charge < -0.3 is 20.1 Å². The lowest BCUT2D eigenvalue weighted by Gasteiger charge is -2.54. The molecule has 0 aromatic carbocycles. The number of carbonyl (C=O) groups is 3. The highest BCUT2D eigenvalue weighted by Gasteiger charge is 2.67. The SMILES string of the molecule is C[C@H]1CC2C3CCC4=CC(O)C=C[C@]4(C)C3=CC[C@]2(C)[C@@]1(O)C(=O)COC(=O)CCC(=O)O. The Morgan fingerprint density at radius 1 is 1.21 bits per heavy atom. The number of carbonyl (C=O) groups excluding carboxylic acids is 2. The first-order valence-corrected chi connectivity index (χ1v) is 11.9. The highest BCUT2D eigenvalue weighted by Crippen LogP contribution is 2.66. The normalized spacial score (nSPS) is 41.2. The lowest BCUT2D eigenvalue weighted by molar-refractivity contribution is -0.168. The molecule has 2 fully saturated rings. The maximum absolute atomic E-state index is 13.3. The summed E-state index contributed by atoms with van der Waals surface area (Å²) in [4.78, 5) is 35.7. The average molecular weight is 459 g/mol. The first-order chi connectivity index (χ1) is 15.4. The van der Waals surface area contributed by atoms with Gasteiger partial charge in [-0.25, -0.2) is 0 Å². The molecule has 0 radical (unpaired) electrons. The topological polar surface area (TPSA) is 121 Å². The van der Waals surface area contributed by atoms with Gasteiger partial charge in [0.1, 0.15) is 5.60 Å². The van der Waals surface area contributed by atoms with E-state index in [1.807, 2.05) is 26.0 Å². The second-order valence-electron chi connectivity index (χ2n) is 10.7. The Kier molecular flexibility index (Phi) is 5.94. The molecule has 7 atom stereocenters. The minimum Gasteiger partial charge on any atom is -0.481 e. The third-order valence-electron chi connectivity index (χ3n) is 8.96. The lowest BCUT2D eigenvalue weighted by Crippen LogP contribution is -2.57. The van der Waals surface area contributed by atoms with Crippen LogP contribution in [-0.4, -0.2) is 51.4 Å². The molecule has 0 aliphatic heterocycles. The van der Waals surface area contributed by atoms with E-state index in [1.165, 1.54) is 11.1 Å². The number of fused-ring (bicyclic) bond motifs is 5. The summed E-state index contributed by atoms with van der Waals surface area (Å²) in [5, 5.41) is 30.6. The van der Waals surface area contributed by atoms with Crippen molar-refractivity contribution in [3.63, 3.8) is 0 Å². The summed E-state index contributed by atoms with van der Waals surface area (Å²) in [5.41, 5.74) is 0.00370. The monoisotopic (exact) mass is 458 g/mol. The van der Waals surface area contributed by atoms with E-state index in [0.29, 0.717) is 12.8 Å². The van der Waals surface area contributed by atoms with E-state index in [2.05, 4.69) is 19.1 Å². The first kappa shape index (κ1) is 23.9. The summed E-state index contributed by atoms with van der Waals surface area (Å²) in [7, 11) is 0. The van der Waals surface area contributed by atoms with Crippen LogP contribution < -0.4 is 0 Å². The third kappa shape index (κ3) is 3.60. The van der Waals surface area contributed by atoms with Crippen LogP contribution in [0.25, 0.3) is 0 Å². The Balaban J connectivity index is 1.57. The zero-order valence-electron chi connectivity index (χ0n) is 19.5. The van der Waals surface area contributed by atoms with Gasteiger partial charge in [-0.2, -0.15) is 0 Å². The summed E-state index contributed by atoms with van der Waals surface area (Å²) in [6.07, 6.45) is 9.88. The molecule has 7 heteroatoms. The maximum atomic E-state index is 13.3. The minimum atomic E-state index is -1.62. The molecule has 7 nitrogen and oxygen atoms in total. The number of rotatable bonds is 6. The Bertz CT molecular complexity index is 962. The van der Waals surface area contributed by atoms with Crippen molar-refractivity contribution in [1.82, 2.24) is 0 Å². The van der Waals surface area contributed by atoms with Crippen LogP contribution in [0.4, 0.5) is 0 Å². The van der Waals surface area contributed by atoms with Crippen LogP contribution in [0.1, 0.15) is 59.3 Å². The highest BCUT2D eigenvalue weighted by molar-refractivity contribution is 5.91. The number of aliphatic carboxylic acids is 1. The number of Topliss-reactive ketones (excluding diaryl/α,β-unsaturated/α-hetero) is 1. The maximum Gasteiger partial charge on any atom is 0.306 e. The number of esters is 1. The summed E-state index contributed by atoms with van der Waals surface area (Å²) in [6, 6.07) is 0. The summed E-state index contributed by atoms with van der Waals surface area (Å²) in [6.45, 7) is 5.51. The average Bonchev–Trinajstić information content (AvgIpc) is 2.98. The molecule has 0 spiro atoms. The molecule has 0 amide bonds. The van der Waals surface area contributed by atoms with E-state index in [9.17, 15) is 24.6 Å². The summed E-state index contributed by atoms with van der Waals surface area (Å²) < 4.78 is 5.04. The van der Waals surface area contributed by atoms with Gasteiger partial charge in [-0.3, -0.25) is 14.4 Å². The van der Waals surface area contributed by atoms with E-state index >= 15 is 0 Å². The Hall–Kier alpha value is -2.25. The smallest absolute Gasteiger partial charge is 0.306 e. The van der Waals surface area contributed by atoms with E-state index < -0.39 is 41.4 Å². The number of aliphatic hydroxyl groups excluding tert-OH is 1. The van der Waals surface area contributed by atoms with Crippen LogP contribution in [0.15, 0.2) is 35.5 Å². The van der Waals surface area contributed by atoms with Crippen LogP contribution in [-0.2, 0) is 19.1 Å². The molecule has 3 unspecified atom stereocenters. The lowest BCUT2D eigenvalue weighted by atomic mass is 9.51. The number of hydrogen-bond donors (Lipinski definition) is 3. The Labute approximate surface area is 194 Å². The van der Waals surface area contributed by atoms with Crippen LogP contribution in [0, 0.1) is 28.6 Å². The van der Waals surface area contributed by atoms with Gasteiger partial charge in [-0.15, -0.1) is 0 Å². The number of ether oxygens (including phenoxy) is 1. The number of carboxylic acid groups (broad SMARTS) is 1. The van der Waals surface area contributed by atoms with Crippen LogP contribution >= 0.6 is 0 Å². The molecular weight excluding hydrogens is 424 g/mol. The van der Waals surface area contributed by atoms with Gasteiger partial charge in [0.15, 0.2) is 6.61 Å². The highest BCUT2D eigenvalue weighted by atomic mass is 16.5. The molecule has 4 aliphatic carbocycles. The second-order valence-corrected chi connectivity index (χ2v) is 10.7. The fourth-order valence-electron chi connectivity index (χ4n) is 7.12. The van der Waals surface area contributed by atoms with Crippen molar-refractivity contribution >= 4 is 17.7 Å². The zero-order chi connectivity index (χ0) is 24.2. The quantitative estimate of drug-likeness (QED) is 0.413. The Morgan fingerprint density at radius 3 is 2.64 bits per heavy atom. The van der Waals surface area contributed by atoms with Gasteiger partial charge in [0.2, 0.25) is 5.78 Å². The second kappa shape index (κ2) is 8.20. The minimum absolute atomic E-state index is 0.114. The third-order valence-corrected chi connectivity index (χ3v) is 8.96. The van der Waals surface area contributed by atoms with E-state index in [0.717, 1.165) is 12.8 Å². The van der Waals surface area contributed by atoms with Gasteiger partial charge in [0.05, 0.1) is 18.9 Å². The zero-order valence-corrected chi connectivity index (χ0v) is 19.5. The van der Waals surface area contributed by atoms with Crippen molar-refractivity contribution in [2.24, 2.45) is 28.6 Å². The molecule has 0 aromatic rings. The van der Waals surface area contributed by atoms with Crippen LogP contribution in [0.2, 0.25) is 0 Å². The van der Waals surface area contributed by atoms with Crippen molar-refractivity contribution in [3.8, 4) is 0 Å². The number of hydrogen-bond acceptors (Lipinski definition) is 6. The van der Waals surface area contributed by atoms with Crippen LogP contribution in [0.3, 0.4) is 0 Å². The van der Waals surface area contributed by atoms with E-state index in [4.69, 9.17) is 9.84 Å². The fourth-order valence-corrected chi connectivity index (χ4v) is 7.12. The van der Waals surface area contributed by atoms with Crippen molar-refractivity contribution < 1.29 is 34.4 Å². The van der Waals surface area contributed by atoms with Crippen molar-refractivity contribution in [3.05, 3.63) is 35.5 Å². The Morgan fingerprint density at radius 2 is 1.94 bits per heavy atom. The number of carboxylic acids is 1. The molecule has 33 heavy (non-hydrogen) atoms. The predicted molar refractivity (Wildman–Crippen MR) is 120 cm³/mol. The molecule has 3 N–H and O–H groups in total. The van der Waals surface area contributed by atoms with Gasteiger partial charge in [0, 0.05) is 10.8 Å². The summed E-state index contributed by atoms with van der Waals surface area (Å²) >= 11 is 0. The van der Waals surface area contributed by atoms with E-state index in [-0.39, 0.29) is 36.0 Å². The molecule has 4 aliphatic rings. The molecular formula is C26H34O7. The van der Waals surface area contributed by atoms with Gasteiger partial charge in [0.25, 0.3) is 0 Å². The molecule has 180 valence electrons.